The van der Waals surface area contributed by atoms with Crippen LogP contribution < -0.4 is 5.32 Å². The number of carbonyl (C=O) groups is 1. The summed E-state index contributed by atoms with van der Waals surface area (Å²) < 4.78 is 40.1. The molecule has 2 aliphatic rings. The SMILES string of the molecule is CC(C)(C)OC(=O)NC1=N[C@](C)(c2nc(Br)ccc2F)C[S@@]2(=O)=NCCCCN12. The second-order valence-corrected chi connectivity index (χ2v) is 11.2. The van der Waals surface area contributed by atoms with Crippen molar-refractivity contribution >= 4 is 37.9 Å². The van der Waals surface area contributed by atoms with E-state index in [0.29, 0.717) is 17.7 Å². The number of guanidine groups is 1. The number of hydrogen-bond donors (Lipinski definition) is 1. The van der Waals surface area contributed by atoms with Gasteiger partial charge in [0.1, 0.15) is 37.2 Å². The molecule has 3 heterocycles. The maximum Gasteiger partial charge on any atom is 0.414 e. The van der Waals surface area contributed by atoms with E-state index >= 15 is 0 Å². The lowest BCUT2D eigenvalue weighted by molar-refractivity contribution is 0.0558. The van der Waals surface area contributed by atoms with E-state index in [9.17, 15) is 13.4 Å². The Balaban J connectivity index is 2.10. The molecule has 0 aromatic carbocycles. The quantitative estimate of drug-likeness (QED) is 0.609. The third-order valence-electron chi connectivity index (χ3n) is 4.40. The number of pyridine rings is 1. The summed E-state index contributed by atoms with van der Waals surface area (Å²) in [6.07, 6.45) is 0.789. The summed E-state index contributed by atoms with van der Waals surface area (Å²) in [5.74, 6) is -0.536. The molecule has 1 N–H and O–H groups in total. The highest BCUT2D eigenvalue weighted by atomic mass is 79.9. The number of alkyl carbamates (subject to hydrolysis) is 1. The fraction of sp³-hybridized carbons (Fsp3) is 0.611. The van der Waals surface area contributed by atoms with Crippen LogP contribution in [0.1, 0.15) is 46.2 Å². The van der Waals surface area contributed by atoms with Crippen molar-refractivity contribution in [1.29, 1.82) is 0 Å². The average Bonchev–Trinajstić information content (AvgIpc) is 2.76. The number of aliphatic imine (C=N–C) groups is 1. The van der Waals surface area contributed by atoms with Gasteiger partial charge in [-0.1, -0.05) is 0 Å². The lowest BCUT2D eigenvalue weighted by Gasteiger charge is -2.39. The minimum atomic E-state index is -2.96. The molecule has 8 nitrogen and oxygen atoms in total. The number of fused-ring (bicyclic) bond motifs is 1. The van der Waals surface area contributed by atoms with Crippen LogP contribution in [-0.2, 0) is 20.2 Å². The highest BCUT2D eigenvalue weighted by molar-refractivity contribution is 9.10. The van der Waals surface area contributed by atoms with Crippen LogP contribution in [0.25, 0.3) is 0 Å². The van der Waals surface area contributed by atoms with E-state index < -0.39 is 33.0 Å². The van der Waals surface area contributed by atoms with Crippen molar-refractivity contribution in [2.45, 2.75) is 51.7 Å². The summed E-state index contributed by atoms with van der Waals surface area (Å²) in [5.41, 5.74) is -1.96. The van der Waals surface area contributed by atoms with E-state index in [2.05, 4.69) is 35.6 Å². The Hall–Kier alpha value is -1.75. The van der Waals surface area contributed by atoms with Crippen molar-refractivity contribution in [3.05, 3.63) is 28.2 Å². The van der Waals surface area contributed by atoms with Crippen molar-refractivity contribution in [2.75, 3.05) is 18.8 Å². The zero-order valence-corrected chi connectivity index (χ0v) is 19.3. The molecule has 0 unspecified atom stereocenters. The Bertz CT molecular complexity index is 971. The molecule has 0 saturated heterocycles. The number of halogens is 2. The van der Waals surface area contributed by atoms with Crippen LogP contribution >= 0.6 is 15.9 Å². The van der Waals surface area contributed by atoms with Crippen molar-refractivity contribution in [3.8, 4) is 0 Å². The largest absolute Gasteiger partial charge is 0.444 e. The van der Waals surface area contributed by atoms with E-state index in [-0.39, 0.29) is 17.4 Å². The first-order chi connectivity index (χ1) is 13.4. The molecule has 0 radical (unpaired) electrons. The number of hydrogen-bond acceptors (Lipinski definition) is 6. The van der Waals surface area contributed by atoms with Crippen molar-refractivity contribution < 1.29 is 18.1 Å². The molecule has 0 spiro atoms. The molecule has 1 amide bonds. The summed E-state index contributed by atoms with van der Waals surface area (Å²) in [5, 5.41) is 2.60. The van der Waals surface area contributed by atoms with Gasteiger partial charge in [-0.15, -0.1) is 0 Å². The van der Waals surface area contributed by atoms with Gasteiger partial charge in [-0.2, -0.15) is 0 Å². The van der Waals surface area contributed by atoms with E-state index in [4.69, 9.17) is 4.74 Å². The lowest BCUT2D eigenvalue weighted by atomic mass is 10.00. The number of nitrogens with zero attached hydrogens (tertiary/aromatic N) is 4. The molecular formula is C18H25BrFN5O3S. The first kappa shape index (κ1) is 21.9. The number of ether oxygens (including phenoxy) is 1. The van der Waals surface area contributed by atoms with Gasteiger partial charge in [-0.05, 0) is 68.6 Å². The number of carbonyl (C=O) groups excluding carboxylic acids is 1. The molecule has 160 valence electrons. The van der Waals surface area contributed by atoms with Crippen LogP contribution in [0.3, 0.4) is 0 Å². The number of rotatable bonds is 1. The monoisotopic (exact) mass is 489 g/mol. The summed E-state index contributed by atoms with van der Waals surface area (Å²) in [6, 6.07) is 2.76. The van der Waals surface area contributed by atoms with Gasteiger partial charge in [-0.3, -0.25) is 9.62 Å². The lowest BCUT2D eigenvalue weighted by Crippen LogP contribution is -2.55. The predicted molar refractivity (Wildman–Crippen MR) is 112 cm³/mol. The minimum Gasteiger partial charge on any atom is -0.444 e. The third kappa shape index (κ3) is 4.88. The average molecular weight is 490 g/mol. The van der Waals surface area contributed by atoms with Crippen LogP contribution in [0, 0.1) is 5.82 Å². The molecule has 2 atom stereocenters. The van der Waals surface area contributed by atoms with Crippen LogP contribution in [0.2, 0.25) is 0 Å². The maximum absolute atomic E-state index is 14.6. The molecule has 1 aromatic heterocycles. The summed E-state index contributed by atoms with van der Waals surface area (Å²) in [6.45, 7) is 7.72. The van der Waals surface area contributed by atoms with Gasteiger partial charge in [0.2, 0.25) is 5.96 Å². The van der Waals surface area contributed by atoms with Crippen LogP contribution in [-0.4, -0.2) is 50.0 Å². The van der Waals surface area contributed by atoms with Gasteiger partial charge in [-0.25, -0.2) is 27.7 Å². The molecule has 29 heavy (non-hydrogen) atoms. The minimum absolute atomic E-state index is 0.0279. The first-order valence-corrected chi connectivity index (χ1v) is 11.8. The smallest absolute Gasteiger partial charge is 0.414 e. The molecule has 0 fully saturated rings. The topological polar surface area (TPSA) is 96.2 Å². The van der Waals surface area contributed by atoms with Crippen molar-refractivity contribution in [2.24, 2.45) is 9.36 Å². The first-order valence-electron chi connectivity index (χ1n) is 9.33. The van der Waals surface area contributed by atoms with Gasteiger partial charge in [0.25, 0.3) is 0 Å². The second-order valence-electron chi connectivity index (χ2n) is 8.21. The molecule has 0 saturated carbocycles. The predicted octanol–water partition coefficient (Wildman–Crippen LogP) is 3.57. The summed E-state index contributed by atoms with van der Waals surface area (Å²) in [4.78, 5) is 21.2. The number of nitrogens with one attached hydrogen (secondary N) is 1. The maximum atomic E-state index is 14.6. The Morgan fingerprint density at radius 3 is 2.79 bits per heavy atom. The van der Waals surface area contributed by atoms with Crippen LogP contribution in [0.5, 0.6) is 0 Å². The zero-order chi connectivity index (χ0) is 21.4. The van der Waals surface area contributed by atoms with E-state index in [1.807, 2.05) is 0 Å². The Kier molecular flexibility index (Phi) is 5.92. The van der Waals surface area contributed by atoms with Crippen molar-refractivity contribution in [1.82, 2.24) is 14.6 Å². The Morgan fingerprint density at radius 2 is 2.10 bits per heavy atom. The highest BCUT2D eigenvalue weighted by Crippen LogP contribution is 2.35. The molecule has 11 heteroatoms. The van der Waals surface area contributed by atoms with Crippen LogP contribution in [0.4, 0.5) is 9.18 Å². The third-order valence-corrected chi connectivity index (χ3v) is 7.41. The van der Waals surface area contributed by atoms with Gasteiger partial charge in [0.05, 0.1) is 12.3 Å². The Labute approximate surface area is 178 Å². The fourth-order valence-corrected chi connectivity index (χ4v) is 6.06. The van der Waals surface area contributed by atoms with Crippen molar-refractivity contribution in [3.63, 3.8) is 0 Å². The summed E-state index contributed by atoms with van der Waals surface area (Å²) in [7, 11) is -2.96. The molecule has 0 bridgehead atoms. The number of amides is 1. The number of aromatic nitrogens is 1. The summed E-state index contributed by atoms with van der Waals surface area (Å²) >= 11 is 3.25. The molecule has 3 rings (SSSR count). The van der Waals surface area contributed by atoms with Gasteiger partial charge < -0.3 is 4.74 Å². The standard InChI is InChI=1S/C18H25BrFN5O3S/c1-17(2,3)28-16(26)23-15-24-18(4,14-12(20)7-8-13(19)22-14)11-29(27)21-9-5-6-10-25(15)29/h7-8H,5-6,9-11H2,1-4H3,(H,23,24,26)/t18-,29+/m0/s1. The molecule has 2 aliphatic heterocycles. The van der Waals surface area contributed by atoms with E-state index in [0.717, 1.165) is 12.8 Å². The Morgan fingerprint density at radius 1 is 1.38 bits per heavy atom. The second kappa shape index (κ2) is 7.82. The van der Waals surface area contributed by atoms with E-state index in [1.165, 1.54) is 16.4 Å². The fourth-order valence-electron chi connectivity index (χ4n) is 3.24. The normalized spacial score (nSPS) is 27.2. The zero-order valence-electron chi connectivity index (χ0n) is 16.9. The van der Waals surface area contributed by atoms with Crippen LogP contribution in [0.15, 0.2) is 26.1 Å². The highest BCUT2D eigenvalue weighted by Gasteiger charge is 2.44. The van der Waals surface area contributed by atoms with Gasteiger partial charge in [0, 0.05) is 6.54 Å². The molecule has 0 aliphatic carbocycles. The van der Waals surface area contributed by atoms with E-state index in [1.54, 1.807) is 27.7 Å². The van der Waals surface area contributed by atoms with Gasteiger partial charge >= 0.3 is 6.09 Å². The molecular weight excluding hydrogens is 465 g/mol. The molecule has 1 aromatic rings. The van der Waals surface area contributed by atoms with Gasteiger partial charge in [0.15, 0.2) is 0 Å².